The molecule has 0 fully saturated rings. The van der Waals surface area contributed by atoms with Crippen molar-refractivity contribution in [1.29, 1.82) is 0 Å². The molecule has 0 spiro atoms. The number of hydrogen-bond donors (Lipinski definition) is 3. The van der Waals surface area contributed by atoms with Crippen LogP contribution in [0.2, 0.25) is 0 Å². The number of nitro groups is 1. The monoisotopic (exact) mass is 238 g/mol. The first-order valence-corrected chi connectivity index (χ1v) is 5.08. The molecule has 0 radical (unpaired) electrons. The molecule has 0 atom stereocenters. The van der Waals surface area contributed by atoms with Crippen molar-refractivity contribution in [1.82, 2.24) is 5.32 Å². The topological polar surface area (TPSA) is 124 Å². The number of nitrogen functional groups attached to an aromatic ring is 1. The van der Waals surface area contributed by atoms with Crippen LogP contribution in [0.5, 0.6) is 0 Å². The molecule has 0 aliphatic rings. The molecule has 1 amide bonds. The van der Waals surface area contributed by atoms with Crippen LogP contribution in [0.4, 0.5) is 11.4 Å². The highest BCUT2D eigenvalue weighted by atomic mass is 16.6. The van der Waals surface area contributed by atoms with E-state index in [4.69, 9.17) is 11.5 Å². The first-order chi connectivity index (χ1) is 8.06. The second kappa shape index (κ2) is 5.80. The third-order valence-corrected chi connectivity index (χ3v) is 2.16. The number of nitrogens with two attached hydrogens (primary N) is 2. The molecule has 0 saturated carbocycles. The average molecular weight is 238 g/mol. The highest BCUT2D eigenvalue weighted by molar-refractivity contribution is 5.95. The van der Waals surface area contributed by atoms with Crippen LogP contribution in [-0.2, 0) is 0 Å². The van der Waals surface area contributed by atoms with Gasteiger partial charge in [-0.25, -0.2) is 0 Å². The number of carbonyl (C=O) groups is 1. The van der Waals surface area contributed by atoms with Gasteiger partial charge in [-0.1, -0.05) is 0 Å². The summed E-state index contributed by atoms with van der Waals surface area (Å²) in [6, 6.07) is 3.95. The van der Waals surface area contributed by atoms with Crippen molar-refractivity contribution in [2.75, 3.05) is 18.8 Å². The van der Waals surface area contributed by atoms with Gasteiger partial charge in [0.1, 0.15) is 5.69 Å². The fourth-order valence-electron chi connectivity index (χ4n) is 1.25. The zero-order valence-electron chi connectivity index (χ0n) is 9.18. The lowest BCUT2D eigenvalue weighted by Gasteiger charge is -2.04. The second-order valence-corrected chi connectivity index (χ2v) is 3.43. The van der Waals surface area contributed by atoms with Crippen LogP contribution in [-0.4, -0.2) is 23.9 Å². The van der Waals surface area contributed by atoms with E-state index in [9.17, 15) is 14.9 Å². The number of amides is 1. The van der Waals surface area contributed by atoms with E-state index in [1.165, 1.54) is 12.1 Å². The van der Waals surface area contributed by atoms with Gasteiger partial charge in [0.05, 0.1) is 4.92 Å². The van der Waals surface area contributed by atoms with Crippen molar-refractivity contribution in [3.63, 3.8) is 0 Å². The van der Waals surface area contributed by atoms with Gasteiger partial charge in [-0.2, -0.15) is 0 Å². The summed E-state index contributed by atoms with van der Waals surface area (Å²) >= 11 is 0. The minimum absolute atomic E-state index is 0.0357. The van der Waals surface area contributed by atoms with Gasteiger partial charge in [0.2, 0.25) is 0 Å². The number of nitrogens with one attached hydrogen (secondary N) is 1. The van der Waals surface area contributed by atoms with Crippen LogP contribution in [0, 0.1) is 10.1 Å². The van der Waals surface area contributed by atoms with Gasteiger partial charge in [0.15, 0.2) is 0 Å². The number of nitrogens with zero attached hydrogens (tertiary/aromatic N) is 1. The molecule has 0 saturated heterocycles. The Balaban J connectivity index is 2.81. The maximum atomic E-state index is 11.6. The maximum absolute atomic E-state index is 11.6. The van der Waals surface area contributed by atoms with E-state index in [-0.39, 0.29) is 22.8 Å². The Morgan fingerprint density at radius 1 is 1.47 bits per heavy atom. The Hall–Kier alpha value is -2.15. The van der Waals surface area contributed by atoms with Gasteiger partial charge in [-0.3, -0.25) is 14.9 Å². The van der Waals surface area contributed by atoms with E-state index in [2.05, 4.69) is 5.32 Å². The second-order valence-electron chi connectivity index (χ2n) is 3.43. The Kier molecular flexibility index (Phi) is 4.41. The quantitative estimate of drug-likeness (QED) is 0.293. The molecule has 0 bridgehead atoms. The van der Waals surface area contributed by atoms with Gasteiger partial charge in [0.25, 0.3) is 11.6 Å². The van der Waals surface area contributed by atoms with Crippen molar-refractivity contribution in [3.05, 3.63) is 33.9 Å². The molecule has 92 valence electrons. The molecule has 7 nitrogen and oxygen atoms in total. The van der Waals surface area contributed by atoms with Crippen molar-refractivity contribution in [3.8, 4) is 0 Å². The standard InChI is InChI=1S/C10H14N4O3/c11-4-1-5-13-10(15)7-2-3-8(12)9(6-7)14(16)17/h2-3,6H,1,4-5,11-12H2,(H,13,15). The molecule has 0 aromatic heterocycles. The Morgan fingerprint density at radius 3 is 2.76 bits per heavy atom. The number of benzene rings is 1. The van der Waals surface area contributed by atoms with Crippen LogP contribution in [0.15, 0.2) is 18.2 Å². The van der Waals surface area contributed by atoms with Gasteiger partial charge in [0, 0.05) is 18.2 Å². The molecule has 0 unspecified atom stereocenters. The summed E-state index contributed by atoms with van der Waals surface area (Å²) in [5, 5.41) is 13.2. The molecule has 7 heteroatoms. The first kappa shape index (κ1) is 12.9. The maximum Gasteiger partial charge on any atom is 0.292 e. The normalized spacial score (nSPS) is 9.94. The Morgan fingerprint density at radius 2 is 2.18 bits per heavy atom. The molecule has 1 rings (SSSR count). The third kappa shape index (κ3) is 3.42. The van der Waals surface area contributed by atoms with E-state index in [0.717, 1.165) is 6.07 Å². The van der Waals surface area contributed by atoms with Gasteiger partial charge >= 0.3 is 0 Å². The lowest BCUT2D eigenvalue weighted by molar-refractivity contribution is -0.383. The summed E-state index contributed by atoms with van der Waals surface area (Å²) in [6.07, 6.45) is 0.656. The van der Waals surface area contributed by atoms with Gasteiger partial charge in [-0.15, -0.1) is 0 Å². The largest absolute Gasteiger partial charge is 0.393 e. The number of hydrogen-bond acceptors (Lipinski definition) is 5. The van der Waals surface area contributed by atoms with E-state index in [1.54, 1.807) is 0 Å². The Labute approximate surface area is 97.9 Å². The fraction of sp³-hybridized carbons (Fsp3) is 0.300. The predicted octanol–water partition coefficient (Wildman–Crippen LogP) is 0.256. The lowest BCUT2D eigenvalue weighted by atomic mass is 10.1. The molecule has 1 aromatic rings. The summed E-state index contributed by atoms with van der Waals surface area (Å²) in [6.45, 7) is 0.912. The fourth-order valence-corrected chi connectivity index (χ4v) is 1.25. The van der Waals surface area contributed by atoms with Crippen LogP contribution in [0.3, 0.4) is 0 Å². The highest BCUT2D eigenvalue weighted by Gasteiger charge is 2.15. The third-order valence-electron chi connectivity index (χ3n) is 2.16. The SMILES string of the molecule is NCCCNC(=O)c1ccc(N)c([N+](=O)[O-])c1. The first-order valence-electron chi connectivity index (χ1n) is 5.08. The average Bonchev–Trinajstić information content (AvgIpc) is 2.29. The number of carbonyl (C=O) groups excluding carboxylic acids is 1. The zero-order valence-corrected chi connectivity index (χ0v) is 9.18. The minimum Gasteiger partial charge on any atom is -0.393 e. The lowest BCUT2D eigenvalue weighted by Crippen LogP contribution is -2.26. The van der Waals surface area contributed by atoms with Crippen LogP contribution >= 0.6 is 0 Å². The van der Waals surface area contributed by atoms with E-state index in [0.29, 0.717) is 19.5 Å². The number of anilines is 1. The highest BCUT2D eigenvalue weighted by Crippen LogP contribution is 2.22. The smallest absolute Gasteiger partial charge is 0.292 e. The van der Waals surface area contributed by atoms with Crippen LogP contribution in [0.1, 0.15) is 16.8 Å². The van der Waals surface area contributed by atoms with E-state index < -0.39 is 4.92 Å². The van der Waals surface area contributed by atoms with E-state index >= 15 is 0 Å². The molecule has 5 N–H and O–H groups in total. The summed E-state index contributed by atoms with van der Waals surface area (Å²) in [4.78, 5) is 21.6. The van der Waals surface area contributed by atoms with Crippen molar-refractivity contribution < 1.29 is 9.72 Å². The molecule has 17 heavy (non-hydrogen) atoms. The minimum atomic E-state index is -0.619. The summed E-state index contributed by atoms with van der Waals surface area (Å²) in [7, 11) is 0. The molecule has 1 aromatic carbocycles. The summed E-state index contributed by atoms with van der Waals surface area (Å²) in [5.41, 5.74) is 10.7. The molecule has 0 aliphatic carbocycles. The number of nitro benzene ring substituents is 1. The Bertz CT molecular complexity index is 434. The number of rotatable bonds is 5. The van der Waals surface area contributed by atoms with Crippen LogP contribution < -0.4 is 16.8 Å². The van der Waals surface area contributed by atoms with Crippen molar-refractivity contribution >= 4 is 17.3 Å². The van der Waals surface area contributed by atoms with Crippen molar-refractivity contribution in [2.45, 2.75) is 6.42 Å². The predicted molar refractivity (Wildman–Crippen MR) is 63.5 cm³/mol. The zero-order chi connectivity index (χ0) is 12.8. The molecular weight excluding hydrogens is 224 g/mol. The summed E-state index contributed by atoms with van der Waals surface area (Å²) in [5.74, 6) is -0.374. The molecule has 0 heterocycles. The summed E-state index contributed by atoms with van der Waals surface area (Å²) < 4.78 is 0. The molecule has 0 aliphatic heterocycles. The van der Waals surface area contributed by atoms with Crippen molar-refractivity contribution in [2.24, 2.45) is 5.73 Å². The van der Waals surface area contributed by atoms with Gasteiger partial charge < -0.3 is 16.8 Å². The van der Waals surface area contributed by atoms with Gasteiger partial charge in [-0.05, 0) is 25.1 Å². The van der Waals surface area contributed by atoms with E-state index in [1.807, 2.05) is 0 Å². The molecular formula is C10H14N4O3. The van der Waals surface area contributed by atoms with Crippen LogP contribution in [0.25, 0.3) is 0 Å².